The first-order valence-electron chi connectivity index (χ1n) is 8.59. The summed E-state index contributed by atoms with van der Waals surface area (Å²) in [6.07, 6.45) is -0.339. The van der Waals surface area contributed by atoms with Crippen molar-refractivity contribution < 1.29 is 23.4 Å². The van der Waals surface area contributed by atoms with Crippen LogP contribution in [0.4, 0.5) is 8.78 Å². The molecule has 0 bridgehead atoms. The van der Waals surface area contributed by atoms with E-state index in [1.54, 1.807) is 24.3 Å². The third kappa shape index (κ3) is 3.96. The van der Waals surface area contributed by atoms with Crippen LogP contribution in [-0.2, 0) is 15.1 Å². The molecule has 1 aliphatic carbocycles. The highest BCUT2D eigenvalue weighted by molar-refractivity contribution is 6.30. The van der Waals surface area contributed by atoms with Gasteiger partial charge in [0, 0.05) is 23.8 Å². The summed E-state index contributed by atoms with van der Waals surface area (Å²) in [5.74, 6) is -3.99. The number of carbonyl (C=O) groups is 1. The predicted octanol–water partition coefficient (Wildman–Crippen LogP) is 3.26. The summed E-state index contributed by atoms with van der Waals surface area (Å²) in [5, 5.41) is 15.0. The van der Waals surface area contributed by atoms with Crippen LogP contribution in [0.25, 0.3) is 0 Å². The summed E-state index contributed by atoms with van der Waals surface area (Å²) in [7, 11) is 0. The van der Waals surface area contributed by atoms with Crippen molar-refractivity contribution in [2.24, 2.45) is 5.92 Å². The molecular formula is C18H22ClF2NO3. The minimum atomic E-state index is -2.81. The van der Waals surface area contributed by atoms with Crippen LogP contribution in [0.15, 0.2) is 24.3 Å². The molecular weight excluding hydrogens is 352 g/mol. The largest absolute Gasteiger partial charge is 0.460 e. The summed E-state index contributed by atoms with van der Waals surface area (Å²) >= 11 is 5.90. The lowest BCUT2D eigenvalue weighted by Gasteiger charge is -2.37. The number of esters is 1. The third-order valence-corrected chi connectivity index (χ3v) is 5.41. The Balaban J connectivity index is 1.85. The number of nitrogens with one attached hydrogen (secondary N) is 1. The minimum absolute atomic E-state index is 0.113. The maximum Gasteiger partial charge on any atom is 0.343 e. The smallest absolute Gasteiger partial charge is 0.343 e. The first-order chi connectivity index (χ1) is 11.8. The van der Waals surface area contributed by atoms with Gasteiger partial charge in [0.25, 0.3) is 5.92 Å². The van der Waals surface area contributed by atoms with Crippen LogP contribution in [0.3, 0.4) is 0 Å². The lowest BCUT2D eigenvalue weighted by atomic mass is 9.76. The number of alkyl halides is 2. The van der Waals surface area contributed by atoms with E-state index in [1.807, 2.05) is 0 Å². The Hall–Kier alpha value is -1.24. The second-order valence-electron chi connectivity index (χ2n) is 6.92. The maximum absolute atomic E-state index is 13.4. The van der Waals surface area contributed by atoms with Gasteiger partial charge in [0.2, 0.25) is 0 Å². The standard InChI is InChI=1S/C18H22ClF2NO3/c19-14-3-1-12(2-4-14)18(24,13-6-9-22-10-7-13)16(23)25-15-5-8-17(20,21)11-15/h1-4,13,15,22,24H,5-11H2. The van der Waals surface area contributed by atoms with Crippen LogP contribution in [0, 0.1) is 5.92 Å². The molecule has 25 heavy (non-hydrogen) atoms. The molecule has 0 amide bonds. The second-order valence-corrected chi connectivity index (χ2v) is 7.36. The van der Waals surface area contributed by atoms with Gasteiger partial charge >= 0.3 is 5.97 Å². The van der Waals surface area contributed by atoms with Gasteiger partial charge in [0.1, 0.15) is 6.10 Å². The molecule has 2 atom stereocenters. The molecule has 2 N–H and O–H groups in total. The van der Waals surface area contributed by atoms with Crippen LogP contribution in [0.1, 0.15) is 37.7 Å². The Labute approximate surface area is 150 Å². The number of hydrogen-bond donors (Lipinski definition) is 2. The number of aliphatic hydroxyl groups is 1. The number of benzene rings is 1. The molecule has 0 spiro atoms. The van der Waals surface area contributed by atoms with E-state index in [9.17, 15) is 18.7 Å². The molecule has 1 saturated carbocycles. The Morgan fingerprint density at radius 2 is 1.88 bits per heavy atom. The van der Waals surface area contributed by atoms with Crippen LogP contribution >= 0.6 is 11.6 Å². The molecule has 0 aromatic heterocycles. The van der Waals surface area contributed by atoms with E-state index in [2.05, 4.69) is 5.32 Å². The fourth-order valence-electron chi connectivity index (χ4n) is 3.72. The molecule has 138 valence electrons. The molecule has 2 aliphatic rings. The van der Waals surface area contributed by atoms with E-state index < -0.39 is 30.0 Å². The Morgan fingerprint density at radius 3 is 2.44 bits per heavy atom. The molecule has 1 saturated heterocycles. The zero-order valence-electron chi connectivity index (χ0n) is 13.8. The van der Waals surface area contributed by atoms with Crippen molar-refractivity contribution in [1.82, 2.24) is 5.32 Å². The van der Waals surface area contributed by atoms with Crippen LogP contribution in [-0.4, -0.2) is 36.2 Å². The van der Waals surface area contributed by atoms with Gasteiger partial charge in [0.05, 0.1) is 0 Å². The summed E-state index contributed by atoms with van der Waals surface area (Å²) in [6.45, 7) is 1.35. The fourth-order valence-corrected chi connectivity index (χ4v) is 3.84. The zero-order valence-corrected chi connectivity index (χ0v) is 14.6. The Morgan fingerprint density at radius 1 is 1.24 bits per heavy atom. The van der Waals surface area contributed by atoms with Crippen molar-refractivity contribution in [2.45, 2.75) is 49.7 Å². The van der Waals surface area contributed by atoms with Crippen molar-refractivity contribution in [2.75, 3.05) is 13.1 Å². The van der Waals surface area contributed by atoms with E-state index in [0.717, 1.165) is 0 Å². The lowest BCUT2D eigenvalue weighted by molar-refractivity contribution is -0.181. The number of ether oxygens (including phenoxy) is 1. The quantitative estimate of drug-likeness (QED) is 0.795. The minimum Gasteiger partial charge on any atom is -0.460 e. The maximum atomic E-state index is 13.4. The zero-order chi connectivity index (χ0) is 18.1. The highest BCUT2D eigenvalue weighted by atomic mass is 35.5. The monoisotopic (exact) mass is 373 g/mol. The molecule has 3 rings (SSSR count). The number of carbonyl (C=O) groups excluding carboxylic acids is 1. The van der Waals surface area contributed by atoms with Gasteiger partial charge in [-0.2, -0.15) is 0 Å². The highest BCUT2D eigenvalue weighted by Gasteiger charge is 2.49. The SMILES string of the molecule is O=C(OC1CCC(F)(F)C1)C(O)(c1ccc(Cl)cc1)C1CCNCC1. The first kappa shape index (κ1) is 18.5. The molecule has 1 aliphatic heterocycles. The number of halogens is 3. The molecule has 1 aromatic carbocycles. The van der Waals surface area contributed by atoms with Crippen molar-refractivity contribution in [3.05, 3.63) is 34.9 Å². The number of piperidine rings is 1. The average Bonchev–Trinajstić information content (AvgIpc) is 2.94. The van der Waals surface area contributed by atoms with Gasteiger partial charge in [-0.05, 0) is 50.0 Å². The van der Waals surface area contributed by atoms with Crippen molar-refractivity contribution >= 4 is 17.6 Å². The second kappa shape index (κ2) is 7.17. The highest BCUT2D eigenvalue weighted by Crippen LogP contribution is 2.40. The topological polar surface area (TPSA) is 58.6 Å². The van der Waals surface area contributed by atoms with Gasteiger partial charge in [-0.15, -0.1) is 0 Å². The van der Waals surface area contributed by atoms with E-state index >= 15 is 0 Å². The van der Waals surface area contributed by atoms with Gasteiger partial charge in [-0.3, -0.25) is 0 Å². The van der Waals surface area contributed by atoms with Gasteiger partial charge in [-0.25, -0.2) is 13.6 Å². The van der Waals surface area contributed by atoms with E-state index in [0.29, 0.717) is 36.5 Å². The van der Waals surface area contributed by atoms with E-state index in [1.165, 1.54) is 0 Å². The lowest BCUT2D eigenvalue weighted by Crippen LogP contribution is -2.49. The Bertz CT molecular complexity index is 619. The van der Waals surface area contributed by atoms with Crippen LogP contribution in [0.2, 0.25) is 5.02 Å². The number of hydrogen-bond acceptors (Lipinski definition) is 4. The summed E-state index contributed by atoms with van der Waals surface area (Å²) < 4.78 is 32.1. The van der Waals surface area contributed by atoms with Crippen molar-refractivity contribution in [3.8, 4) is 0 Å². The predicted molar refractivity (Wildman–Crippen MR) is 89.6 cm³/mol. The van der Waals surface area contributed by atoms with Gasteiger partial charge < -0.3 is 15.2 Å². The molecule has 4 nitrogen and oxygen atoms in total. The van der Waals surface area contributed by atoms with Gasteiger partial charge in [-0.1, -0.05) is 23.7 Å². The van der Waals surface area contributed by atoms with Crippen molar-refractivity contribution in [3.63, 3.8) is 0 Å². The van der Waals surface area contributed by atoms with E-state index in [4.69, 9.17) is 16.3 Å². The van der Waals surface area contributed by atoms with Crippen LogP contribution in [0.5, 0.6) is 0 Å². The van der Waals surface area contributed by atoms with Gasteiger partial charge in [0.15, 0.2) is 5.60 Å². The summed E-state index contributed by atoms with van der Waals surface area (Å²) in [5.41, 5.74) is -1.47. The molecule has 2 fully saturated rings. The van der Waals surface area contributed by atoms with Crippen molar-refractivity contribution in [1.29, 1.82) is 0 Å². The first-order valence-corrected chi connectivity index (χ1v) is 8.97. The molecule has 1 heterocycles. The summed E-state index contributed by atoms with van der Waals surface area (Å²) in [4.78, 5) is 12.8. The Kier molecular flexibility index (Phi) is 5.32. The number of rotatable bonds is 4. The average molecular weight is 374 g/mol. The van der Waals surface area contributed by atoms with E-state index in [-0.39, 0.29) is 18.8 Å². The molecule has 0 radical (unpaired) electrons. The molecule has 1 aromatic rings. The van der Waals surface area contributed by atoms with Crippen LogP contribution < -0.4 is 5.32 Å². The molecule has 7 heteroatoms. The summed E-state index contributed by atoms with van der Waals surface area (Å²) in [6, 6.07) is 6.38. The molecule has 2 unspecified atom stereocenters. The fraction of sp³-hybridized carbons (Fsp3) is 0.611. The third-order valence-electron chi connectivity index (χ3n) is 5.16. The normalized spacial score (nSPS) is 26.2.